The SMILES string of the molecule is COc1cc2c(Oc3ccc(NC(=O)C(=O)NCc4ccc(C(F)(F)F)cc4)cc3F)ccnc2cc1OCC1CCNCC1. The number of carbonyl (C=O) groups is 2. The number of pyridine rings is 1. The number of rotatable bonds is 9. The fourth-order valence-corrected chi connectivity index (χ4v) is 4.79. The number of anilines is 1. The molecule has 0 bridgehead atoms. The minimum Gasteiger partial charge on any atom is -0.493 e. The molecule has 1 fully saturated rings. The standard InChI is InChI=1S/C32H30F4N4O5/c1-43-28-15-23-25(16-29(28)44-18-20-8-11-37-12-9-20)38-13-10-26(23)45-27-7-6-22(14-24(27)33)40-31(42)30(41)39-17-19-2-4-21(5-3-19)32(34,35)36/h2-7,10,13-16,20,37H,8-9,11-12,17-18H2,1H3,(H,39,41)(H,40,42). The number of hydrogen-bond donors (Lipinski definition) is 3. The molecule has 9 nitrogen and oxygen atoms in total. The highest BCUT2D eigenvalue weighted by molar-refractivity contribution is 6.39. The van der Waals surface area contributed by atoms with Crippen LogP contribution in [-0.4, -0.2) is 43.6 Å². The number of nitrogens with one attached hydrogen (secondary N) is 3. The molecule has 3 N–H and O–H groups in total. The van der Waals surface area contributed by atoms with E-state index in [4.69, 9.17) is 14.2 Å². The number of halogens is 4. The summed E-state index contributed by atoms with van der Waals surface area (Å²) in [6.07, 6.45) is -0.905. The molecule has 13 heteroatoms. The first kappa shape index (κ1) is 31.5. The zero-order chi connectivity index (χ0) is 32.0. The number of hydrogen-bond acceptors (Lipinski definition) is 7. The maximum Gasteiger partial charge on any atom is 0.416 e. The average molecular weight is 627 g/mol. The minimum atomic E-state index is -4.48. The van der Waals surface area contributed by atoms with Crippen LogP contribution in [0.1, 0.15) is 24.0 Å². The second kappa shape index (κ2) is 13.8. The van der Waals surface area contributed by atoms with Gasteiger partial charge in [-0.1, -0.05) is 12.1 Å². The van der Waals surface area contributed by atoms with E-state index in [-0.39, 0.29) is 18.0 Å². The van der Waals surface area contributed by atoms with E-state index in [1.165, 1.54) is 37.6 Å². The highest BCUT2D eigenvalue weighted by Crippen LogP contribution is 2.38. The van der Waals surface area contributed by atoms with Crippen molar-refractivity contribution in [1.29, 1.82) is 0 Å². The van der Waals surface area contributed by atoms with E-state index < -0.39 is 29.4 Å². The number of benzene rings is 3. The molecule has 236 valence electrons. The predicted octanol–water partition coefficient (Wildman–Crippen LogP) is 5.83. The lowest BCUT2D eigenvalue weighted by Crippen LogP contribution is -2.35. The molecule has 0 atom stereocenters. The molecule has 0 aliphatic carbocycles. The van der Waals surface area contributed by atoms with Crippen LogP contribution in [0.4, 0.5) is 23.2 Å². The normalized spacial score (nSPS) is 13.7. The van der Waals surface area contributed by atoms with Crippen molar-refractivity contribution in [1.82, 2.24) is 15.6 Å². The number of fused-ring (bicyclic) bond motifs is 1. The Morgan fingerprint density at radius 2 is 1.69 bits per heavy atom. The van der Waals surface area contributed by atoms with Crippen molar-refractivity contribution in [2.24, 2.45) is 5.92 Å². The van der Waals surface area contributed by atoms with E-state index in [9.17, 15) is 22.8 Å². The molecule has 2 heterocycles. The summed E-state index contributed by atoms with van der Waals surface area (Å²) >= 11 is 0. The first-order valence-corrected chi connectivity index (χ1v) is 14.1. The second-order valence-corrected chi connectivity index (χ2v) is 10.4. The maximum absolute atomic E-state index is 15.0. The van der Waals surface area contributed by atoms with Crippen LogP contribution in [0, 0.1) is 11.7 Å². The van der Waals surface area contributed by atoms with Gasteiger partial charge >= 0.3 is 18.0 Å². The van der Waals surface area contributed by atoms with Crippen molar-refractivity contribution in [2.45, 2.75) is 25.6 Å². The lowest BCUT2D eigenvalue weighted by atomic mass is 9.99. The van der Waals surface area contributed by atoms with E-state index in [1.54, 1.807) is 18.2 Å². The predicted molar refractivity (Wildman–Crippen MR) is 158 cm³/mol. The zero-order valence-corrected chi connectivity index (χ0v) is 24.2. The molecular formula is C32H30F4N4O5. The highest BCUT2D eigenvalue weighted by atomic mass is 19.4. The van der Waals surface area contributed by atoms with Crippen molar-refractivity contribution in [3.05, 3.63) is 83.8 Å². The third-order valence-electron chi connectivity index (χ3n) is 7.27. The fourth-order valence-electron chi connectivity index (χ4n) is 4.79. The van der Waals surface area contributed by atoms with E-state index in [2.05, 4.69) is 20.9 Å². The van der Waals surface area contributed by atoms with Crippen LogP contribution in [0.3, 0.4) is 0 Å². The number of ether oxygens (including phenoxy) is 3. The fraction of sp³-hybridized carbons (Fsp3) is 0.281. The molecule has 0 saturated carbocycles. The number of carbonyl (C=O) groups excluding carboxylic acids is 2. The van der Waals surface area contributed by atoms with Gasteiger partial charge in [-0.25, -0.2) is 4.39 Å². The molecule has 1 aliphatic rings. The smallest absolute Gasteiger partial charge is 0.416 e. The monoisotopic (exact) mass is 626 g/mol. The summed E-state index contributed by atoms with van der Waals surface area (Å²) in [6, 6.07) is 12.8. The van der Waals surface area contributed by atoms with E-state index >= 15 is 4.39 Å². The Bertz CT molecular complexity index is 1680. The largest absolute Gasteiger partial charge is 0.493 e. The quantitative estimate of drug-likeness (QED) is 0.159. The summed E-state index contributed by atoms with van der Waals surface area (Å²) in [5.41, 5.74) is 0.0779. The Morgan fingerprint density at radius 1 is 0.933 bits per heavy atom. The molecule has 45 heavy (non-hydrogen) atoms. The molecule has 0 spiro atoms. The maximum atomic E-state index is 15.0. The van der Waals surface area contributed by atoms with Gasteiger partial charge in [0.05, 0.1) is 24.8 Å². The Morgan fingerprint density at radius 3 is 2.38 bits per heavy atom. The van der Waals surface area contributed by atoms with Gasteiger partial charge in [0, 0.05) is 35.9 Å². The van der Waals surface area contributed by atoms with Crippen LogP contribution in [-0.2, 0) is 22.3 Å². The van der Waals surface area contributed by atoms with Gasteiger partial charge in [-0.05, 0) is 73.8 Å². The van der Waals surface area contributed by atoms with Gasteiger partial charge in [0.25, 0.3) is 0 Å². The van der Waals surface area contributed by atoms with Gasteiger partial charge in [-0.3, -0.25) is 14.6 Å². The summed E-state index contributed by atoms with van der Waals surface area (Å²) in [5.74, 6) is -1.32. The Hall–Kier alpha value is -4.91. The lowest BCUT2D eigenvalue weighted by molar-refractivity contribution is -0.137. The van der Waals surface area contributed by atoms with Crippen LogP contribution in [0.2, 0.25) is 0 Å². The molecule has 0 unspecified atom stereocenters. The van der Waals surface area contributed by atoms with Crippen molar-refractivity contribution in [3.8, 4) is 23.0 Å². The van der Waals surface area contributed by atoms with Crippen LogP contribution in [0.5, 0.6) is 23.0 Å². The van der Waals surface area contributed by atoms with Gasteiger partial charge in [0.1, 0.15) is 5.75 Å². The van der Waals surface area contributed by atoms with Crippen LogP contribution >= 0.6 is 0 Å². The number of alkyl halides is 3. The first-order valence-electron chi connectivity index (χ1n) is 14.1. The van der Waals surface area contributed by atoms with Crippen molar-refractivity contribution in [3.63, 3.8) is 0 Å². The van der Waals surface area contributed by atoms with Gasteiger partial charge in [0.15, 0.2) is 23.1 Å². The molecule has 1 aliphatic heterocycles. The molecule has 3 aromatic carbocycles. The summed E-state index contributed by atoms with van der Waals surface area (Å²) in [5, 5.41) is 8.49. The number of methoxy groups -OCH3 is 1. The molecule has 5 rings (SSSR count). The first-order chi connectivity index (χ1) is 21.6. The topological polar surface area (TPSA) is 111 Å². The Balaban J connectivity index is 1.21. The van der Waals surface area contributed by atoms with Gasteiger partial charge in [0.2, 0.25) is 0 Å². The molecule has 2 amide bonds. The number of nitrogens with zero attached hydrogens (tertiary/aromatic N) is 1. The lowest BCUT2D eigenvalue weighted by Gasteiger charge is -2.23. The summed E-state index contributed by atoms with van der Waals surface area (Å²) < 4.78 is 70.7. The average Bonchev–Trinajstić information content (AvgIpc) is 3.03. The van der Waals surface area contributed by atoms with Crippen molar-refractivity contribution < 1.29 is 41.4 Å². The van der Waals surface area contributed by atoms with Gasteiger partial charge in [-0.2, -0.15) is 13.2 Å². The minimum absolute atomic E-state index is 0.00803. The Kier molecular flexibility index (Phi) is 9.67. The number of piperidine rings is 1. The van der Waals surface area contributed by atoms with Crippen molar-refractivity contribution >= 4 is 28.4 Å². The van der Waals surface area contributed by atoms with Gasteiger partial charge < -0.3 is 30.2 Å². The van der Waals surface area contributed by atoms with Crippen LogP contribution in [0.15, 0.2) is 66.9 Å². The molecule has 1 saturated heterocycles. The molecule has 1 aromatic heterocycles. The summed E-state index contributed by atoms with van der Waals surface area (Å²) in [6.45, 7) is 2.29. The summed E-state index contributed by atoms with van der Waals surface area (Å²) in [4.78, 5) is 28.9. The third-order valence-corrected chi connectivity index (χ3v) is 7.27. The number of aromatic nitrogens is 1. The highest BCUT2D eigenvalue weighted by Gasteiger charge is 2.30. The van der Waals surface area contributed by atoms with E-state index in [0.29, 0.717) is 46.2 Å². The second-order valence-electron chi connectivity index (χ2n) is 10.4. The van der Waals surface area contributed by atoms with Gasteiger partial charge in [-0.15, -0.1) is 0 Å². The van der Waals surface area contributed by atoms with Crippen LogP contribution < -0.4 is 30.2 Å². The zero-order valence-electron chi connectivity index (χ0n) is 24.2. The summed E-state index contributed by atoms with van der Waals surface area (Å²) in [7, 11) is 1.52. The van der Waals surface area contributed by atoms with E-state index in [1.807, 2.05) is 0 Å². The van der Waals surface area contributed by atoms with Crippen LogP contribution in [0.25, 0.3) is 10.9 Å². The van der Waals surface area contributed by atoms with Crippen molar-refractivity contribution in [2.75, 3.05) is 32.1 Å². The molecule has 4 aromatic rings. The molecular weight excluding hydrogens is 596 g/mol. The number of amides is 2. The Labute approximate surface area is 255 Å². The van der Waals surface area contributed by atoms with E-state index in [0.717, 1.165) is 44.1 Å². The molecule has 0 radical (unpaired) electrons. The third kappa shape index (κ3) is 7.98.